The van der Waals surface area contributed by atoms with Gasteiger partial charge in [0.1, 0.15) is 11.6 Å². The number of aromatic nitrogens is 2. The van der Waals surface area contributed by atoms with Crippen LogP contribution in [0.5, 0.6) is 5.75 Å². The number of aliphatic imine (C=N–C) groups is 1. The molecule has 1 aliphatic carbocycles. The van der Waals surface area contributed by atoms with Crippen LogP contribution in [0.15, 0.2) is 87.4 Å². The van der Waals surface area contributed by atoms with Crippen molar-refractivity contribution in [2.75, 3.05) is 0 Å². The summed E-state index contributed by atoms with van der Waals surface area (Å²) in [5.74, 6) is -1.65. The molecule has 2 unspecified atom stereocenters. The maximum atomic E-state index is 13.7. The van der Waals surface area contributed by atoms with Gasteiger partial charge < -0.3 is 4.74 Å². The van der Waals surface area contributed by atoms with Gasteiger partial charge in [0.15, 0.2) is 5.78 Å². The van der Waals surface area contributed by atoms with Crippen LogP contribution in [0.25, 0.3) is 0 Å². The average molecular weight is 506 g/mol. The lowest BCUT2D eigenvalue weighted by molar-refractivity contribution is 0.0734. The predicted molar refractivity (Wildman–Crippen MR) is 142 cm³/mol. The van der Waals surface area contributed by atoms with E-state index in [1.54, 1.807) is 55.6 Å². The highest BCUT2D eigenvalue weighted by molar-refractivity contribution is 6.30. The largest absolute Gasteiger partial charge is 0.423 e. The van der Waals surface area contributed by atoms with Crippen LogP contribution in [-0.4, -0.2) is 26.6 Å². The molecule has 8 nitrogen and oxygen atoms in total. The van der Waals surface area contributed by atoms with Crippen molar-refractivity contribution in [2.45, 2.75) is 12.8 Å². The zero-order chi connectivity index (χ0) is 26.7. The molecule has 0 spiro atoms. The van der Waals surface area contributed by atoms with Crippen molar-refractivity contribution in [1.29, 1.82) is 0 Å². The highest BCUT2D eigenvalue weighted by Gasteiger charge is 2.47. The van der Waals surface area contributed by atoms with E-state index in [1.807, 2.05) is 31.2 Å². The molecule has 0 radical (unpaired) electrons. The van der Waals surface area contributed by atoms with E-state index in [1.165, 1.54) is 11.6 Å². The summed E-state index contributed by atoms with van der Waals surface area (Å²) in [6.07, 6.45) is 0. The van der Waals surface area contributed by atoms with Gasteiger partial charge in [-0.15, -0.1) is 0 Å². The highest BCUT2D eigenvalue weighted by atomic mass is 16.5. The van der Waals surface area contributed by atoms with Gasteiger partial charge in [-0.25, -0.2) is 14.6 Å². The Morgan fingerprint density at radius 2 is 1.55 bits per heavy atom. The van der Waals surface area contributed by atoms with Crippen molar-refractivity contribution in [1.82, 2.24) is 9.13 Å². The molecule has 6 rings (SSSR count). The Labute approximate surface area is 217 Å². The van der Waals surface area contributed by atoms with Crippen molar-refractivity contribution in [2.24, 2.45) is 25.0 Å². The quantitative estimate of drug-likeness (QED) is 0.312. The molecule has 188 valence electrons. The number of rotatable bonds is 3. The van der Waals surface area contributed by atoms with Gasteiger partial charge >= 0.3 is 11.7 Å². The number of benzene rings is 3. The van der Waals surface area contributed by atoms with Crippen LogP contribution in [0.3, 0.4) is 0 Å². The number of nitrogens with zero attached hydrogens (tertiary/aromatic N) is 3. The second-order valence-electron chi connectivity index (χ2n) is 9.63. The molecule has 0 amide bonds. The van der Waals surface area contributed by atoms with Crippen LogP contribution in [0.1, 0.15) is 48.9 Å². The van der Waals surface area contributed by atoms with E-state index in [2.05, 4.69) is 0 Å². The topological polar surface area (TPSA) is 99.7 Å². The van der Waals surface area contributed by atoms with Gasteiger partial charge in [0, 0.05) is 31.1 Å². The molecule has 1 aromatic heterocycles. The summed E-state index contributed by atoms with van der Waals surface area (Å²) in [7, 11) is 2.97. The molecule has 0 saturated carbocycles. The van der Waals surface area contributed by atoms with Gasteiger partial charge in [0.25, 0.3) is 5.56 Å². The smallest absolute Gasteiger partial charge is 0.343 e. The minimum Gasteiger partial charge on any atom is -0.423 e. The monoisotopic (exact) mass is 505 g/mol. The Hall–Kier alpha value is -4.85. The molecule has 0 fully saturated rings. The van der Waals surface area contributed by atoms with Crippen molar-refractivity contribution < 1.29 is 14.3 Å². The molecule has 0 saturated heterocycles. The van der Waals surface area contributed by atoms with Gasteiger partial charge in [-0.2, -0.15) is 0 Å². The first kappa shape index (κ1) is 23.5. The third-order valence-electron chi connectivity index (χ3n) is 7.30. The first-order valence-electron chi connectivity index (χ1n) is 12.2. The third kappa shape index (κ3) is 3.48. The Kier molecular flexibility index (Phi) is 5.34. The van der Waals surface area contributed by atoms with Crippen molar-refractivity contribution in [3.63, 3.8) is 0 Å². The SMILES string of the molecule is Cc1ccc(C(=O)Oc2cccc(C3c4c(n(C)c(=O)n(C)c4=O)N=C4c5ccccc5C(=O)C43)c2)cc1. The summed E-state index contributed by atoms with van der Waals surface area (Å²) in [5, 5.41) is 0. The van der Waals surface area contributed by atoms with Crippen LogP contribution in [-0.2, 0) is 14.1 Å². The second-order valence-corrected chi connectivity index (χ2v) is 9.63. The second kappa shape index (κ2) is 8.62. The number of Topliss-reactive ketones (excluding diaryl/α,β-unsaturated/α-hetero) is 1. The molecular weight excluding hydrogens is 482 g/mol. The van der Waals surface area contributed by atoms with E-state index in [0.29, 0.717) is 28.0 Å². The number of ketones is 1. The Morgan fingerprint density at radius 1 is 0.842 bits per heavy atom. The predicted octanol–water partition coefficient (Wildman–Crippen LogP) is 3.69. The molecule has 3 aromatic carbocycles. The number of carbonyl (C=O) groups is 2. The Balaban J connectivity index is 1.51. The first-order chi connectivity index (χ1) is 18.3. The van der Waals surface area contributed by atoms with E-state index in [-0.39, 0.29) is 22.9 Å². The van der Waals surface area contributed by atoms with Crippen molar-refractivity contribution in [3.8, 4) is 5.75 Å². The number of carbonyl (C=O) groups excluding carboxylic acids is 2. The molecule has 2 heterocycles. The number of aryl methyl sites for hydroxylation is 1. The molecule has 4 aromatic rings. The van der Waals surface area contributed by atoms with Crippen molar-refractivity contribution >= 4 is 23.3 Å². The van der Waals surface area contributed by atoms with Crippen LogP contribution in [0.4, 0.5) is 5.82 Å². The normalized spacial score (nSPS) is 17.3. The molecule has 0 N–H and O–H groups in total. The lowest BCUT2D eigenvalue weighted by Crippen LogP contribution is -2.43. The standard InChI is InChI=1S/C30H23N3O5/c1-16-11-13-17(14-12-16)29(36)38-19-8-6-7-18(15-19)22-23-25(20-9-4-5-10-21(20)26(23)34)31-27-24(22)28(35)33(3)30(37)32(27)2/h4-15,22-23H,1-3H3. The molecule has 0 bridgehead atoms. The fourth-order valence-electron chi connectivity index (χ4n) is 5.35. The number of hydrogen-bond donors (Lipinski definition) is 0. The first-order valence-corrected chi connectivity index (χ1v) is 12.2. The zero-order valence-corrected chi connectivity index (χ0v) is 21.0. The van der Waals surface area contributed by atoms with Crippen LogP contribution in [0, 0.1) is 12.8 Å². The summed E-state index contributed by atoms with van der Waals surface area (Å²) < 4.78 is 8.02. The molecule has 2 aliphatic rings. The number of esters is 1. The molecule has 2 atom stereocenters. The maximum Gasteiger partial charge on any atom is 0.343 e. The Morgan fingerprint density at radius 3 is 2.29 bits per heavy atom. The van der Waals surface area contributed by atoms with Gasteiger partial charge in [0.05, 0.1) is 22.8 Å². The molecular formula is C30H23N3O5. The summed E-state index contributed by atoms with van der Waals surface area (Å²) in [6.45, 7) is 1.93. The highest BCUT2D eigenvalue weighted by Crippen LogP contribution is 2.46. The van der Waals surface area contributed by atoms with Crippen molar-refractivity contribution in [3.05, 3.63) is 127 Å². The molecule has 8 heteroatoms. The zero-order valence-electron chi connectivity index (χ0n) is 21.0. The fourth-order valence-corrected chi connectivity index (χ4v) is 5.35. The van der Waals surface area contributed by atoms with Crippen LogP contribution in [0.2, 0.25) is 0 Å². The molecule has 1 aliphatic heterocycles. The van der Waals surface area contributed by atoms with Gasteiger partial charge in [-0.1, -0.05) is 54.1 Å². The van der Waals surface area contributed by atoms with E-state index >= 15 is 0 Å². The summed E-state index contributed by atoms with van der Waals surface area (Å²) >= 11 is 0. The van der Waals surface area contributed by atoms with Gasteiger partial charge in [-0.05, 0) is 36.8 Å². The van der Waals surface area contributed by atoms with E-state index in [4.69, 9.17) is 9.73 Å². The Bertz CT molecular complexity index is 1810. The van der Waals surface area contributed by atoms with E-state index in [9.17, 15) is 19.2 Å². The van der Waals surface area contributed by atoms with E-state index in [0.717, 1.165) is 10.1 Å². The fraction of sp³-hybridized carbons (Fsp3) is 0.167. The lowest BCUT2D eigenvalue weighted by Gasteiger charge is -2.30. The van der Waals surface area contributed by atoms with E-state index < -0.39 is 29.1 Å². The minimum absolute atomic E-state index is 0.145. The molecule has 38 heavy (non-hydrogen) atoms. The van der Waals surface area contributed by atoms with Crippen LogP contribution >= 0.6 is 0 Å². The third-order valence-corrected chi connectivity index (χ3v) is 7.30. The minimum atomic E-state index is -0.756. The summed E-state index contributed by atoms with van der Waals surface area (Å²) in [6, 6.07) is 21.1. The summed E-state index contributed by atoms with van der Waals surface area (Å²) in [4.78, 5) is 57.5. The van der Waals surface area contributed by atoms with Crippen LogP contribution < -0.4 is 16.0 Å². The van der Waals surface area contributed by atoms with Gasteiger partial charge in [-0.3, -0.25) is 18.7 Å². The number of hydrogen-bond acceptors (Lipinski definition) is 6. The number of ether oxygens (including phenoxy) is 1. The average Bonchev–Trinajstić information content (AvgIpc) is 3.21. The lowest BCUT2D eigenvalue weighted by atomic mass is 9.76. The van der Waals surface area contributed by atoms with Gasteiger partial charge in [0.2, 0.25) is 0 Å². The summed E-state index contributed by atoms with van der Waals surface area (Å²) in [5.41, 5.74) is 3.01. The maximum absolute atomic E-state index is 13.7. The number of fused-ring (bicyclic) bond motifs is 4.